The monoisotopic (exact) mass is 607 g/mol. The molecule has 2 aromatic carbocycles. The second-order valence-electron chi connectivity index (χ2n) is 14.1. The van der Waals surface area contributed by atoms with Gasteiger partial charge in [0.15, 0.2) is 8.32 Å². The van der Waals surface area contributed by atoms with Gasteiger partial charge in [-0.1, -0.05) is 88.4 Å². The third-order valence-electron chi connectivity index (χ3n) is 8.29. The zero-order chi connectivity index (χ0) is 31.8. The number of aromatic nitrogens is 2. The molecule has 43 heavy (non-hydrogen) atoms. The number of hydrogen-bond acceptors (Lipinski definition) is 5. The van der Waals surface area contributed by atoms with Gasteiger partial charge < -0.3 is 24.6 Å². The molecule has 236 valence electrons. The number of amides is 1. The fourth-order valence-corrected chi connectivity index (χ4v) is 6.24. The van der Waals surface area contributed by atoms with Gasteiger partial charge in [0.25, 0.3) is 0 Å². The minimum Gasteiger partial charge on any atom is -0.444 e. The molecule has 0 bridgehead atoms. The number of aliphatic hydroxyl groups excluding tert-OH is 1. The van der Waals surface area contributed by atoms with Crippen LogP contribution in [0.3, 0.4) is 0 Å². The lowest BCUT2D eigenvalue weighted by atomic mass is 9.89. The Kier molecular flexibility index (Phi) is 11.8. The Bertz CT molecular complexity index is 1270. The van der Waals surface area contributed by atoms with Crippen LogP contribution >= 0.6 is 0 Å². The van der Waals surface area contributed by atoms with Crippen LogP contribution in [0.25, 0.3) is 0 Å². The van der Waals surface area contributed by atoms with Crippen molar-refractivity contribution in [1.29, 1.82) is 0 Å². The molecule has 1 unspecified atom stereocenters. The summed E-state index contributed by atoms with van der Waals surface area (Å²) < 4.78 is 13.0. The second-order valence-corrected chi connectivity index (χ2v) is 18.9. The maximum absolute atomic E-state index is 13.3. The summed E-state index contributed by atoms with van der Waals surface area (Å²) in [4.78, 5) is 21.4. The number of ether oxygens (including phenoxy) is 1. The largest absolute Gasteiger partial charge is 0.444 e. The number of rotatable bonds is 13. The van der Waals surface area contributed by atoms with Crippen molar-refractivity contribution in [2.75, 3.05) is 0 Å². The first-order chi connectivity index (χ1) is 20.1. The van der Waals surface area contributed by atoms with Crippen molar-refractivity contribution in [2.45, 2.75) is 122 Å². The third kappa shape index (κ3) is 10.6. The summed E-state index contributed by atoms with van der Waals surface area (Å²) in [5, 5.41) is 13.7. The zero-order valence-corrected chi connectivity index (χ0v) is 28.6. The smallest absolute Gasteiger partial charge is 0.407 e. The summed E-state index contributed by atoms with van der Waals surface area (Å²) in [6.07, 6.45) is 2.90. The van der Waals surface area contributed by atoms with Crippen molar-refractivity contribution in [3.8, 4) is 0 Å². The molecule has 0 radical (unpaired) electrons. The molecule has 3 rings (SSSR count). The van der Waals surface area contributed by atoms with E-state index in [0.717, 1.165) is 17.8 Å². The maximum atomic E-state index is 13.3. The number of aromatic amines is 1. The maximum Gasteiger partial charge on any atom is 0.407 e. The van der Waals surface area contributed by atoms with E-state index < -0.39 is 26.1 Å². The van der Waals surface area contributed by atoms with Crippen LogP contribution < -0.4 is 5.32 Å². The molecule has 0 fully saturated rings. The minimum absolute atomic E-state index is 0.0352. The summed E-state index contributed by atoms with van der Waals surface area (Å²) in [5.41, 5.74) is 2.38. The summed E-state index contributed by atoms with van der Waals surface area (Å²) in [6, 6.07) is 20.2. The molecule has 1 aromatic heterocycles. The van der Waals surface area contributed by atoms with Gasteiger partial charge in [0.1, 0.15) is 11.4 Å². The van der Waals surface area contributed by atoms with Crippen LogP contribution in [0.2, 0.25) is 18.1 Å². The summed E-state index contributed by atoms with van der Waals surface area (Å²) in [7, 11) is -2.29. The van der Waals surface area contributed by atoms with E-state index in [1.807, 2.05) is 64.1 Å². The number of nitrogens with one attached hydrogen (secondary N) is 2. The van der Waals surface area contributed by atoms with E-state index in [2.05, 4.69) is 68.4 Å². The molecule has 0 aliphatic rings. The van der Waals surface area contributed by atoms with Crippen molar-refractivity contribution in [3.63, 3.8) is 0 Å². The van der Waals surface area contributed by atoms with Crippen LogP contribution in [0.1, 0.15) is 96.0 Å². The number of benzene rings is 2. The van der Waals surface area contributed by atoms with Crippen molar-refractivity contribution < 1.29 is 19.1 Å². The third-order valence-corrected chi connectivity index (χ3v) is 12.8. The fraction of sp³-hybridized carbons (Fsp3) is 0.543. The molecule has 0 aliphatic carbocycles. The molecule has 0 saturated heterocycles. The summed E-state index contributed by atoms with van der Waals surface area (Å²) >= 11 is 0. The van der Waals surface area contributed by atoms with Gasteiger partial charge in [0.2, 0.25) is 0 Å². The first-order valence-electron chi connectivity index (χ1n) is 15.6. The average molecular weight is 608 g/mol. The number of carbonyl (C=O) groups excluding carboxylic acids is 1. The van der Waals surface area contributed by atoms with Crippen LogP contribution in [0.15, 0.2) is 66.9 Å². The van der Waals surface area contributed by atoms with E-state index in [-0.39, 0.29) is 23.1 Å². The second kappa shape index (κ2) is 14.7. The molecule has 8 heteroatoms. The number of aliphatic hydroxyl groups is 1. The van der Waals surface area contributed by atoms with Crippen LogP contribution in [0.4, 0.5) is 4.79 Å². The van der Waals surface area contributed by atoms with Crippen molar-refractivity contribution in [2.24, 2.45) is 0 Å². The lowest BCUT2D eigenvalue weighted by Crippen LogP contribution is -2.53. The van der Waals surface area contributed by atoms with Gasteiger partial charge in [-0.05, 0) is 75.7 Å². The van der Waals surface area contributed by atoms with E-state index in [1.165, 1.54) is 5.56 Å². The lowest BCUT2D eigenvalue weighted by Gasteiger charge is -2.42. The molecule has 0 aliphatic heterocycles. The highest BCUT2D eigenvalue weighted by molar-refractivity contribution is 6.74. The first kappa shape index (κ1) is 34.5. The Morgan fingerprint density at radius 2 is 1.51 bits per heavy atom. The molecule has 1 heterocycles. The molecule has 4 atom stereocenters. The fourth-order valence-electron chi connectivity index (χ4n) is 4.87. The van der Waals surface area contributed by atoms with Crippen LogP contribution in [-0.2, 0) is 22.0 Å². The summed E-state index contributed by atoms with van der Waals surface area (Å²) in [6.45, 7) is 18.8. The molecule has 1 amide bonds. The number of carbonyl (C=O) groups is 1. The lowest BCUT2D eigenvalue weighted by molar-refractivity contribution is 0.0418. The number of nitrogens with zero attached hydrogens (tertiary/aromatic N) is 1. The number of H-pyrrole nitrogens is 1. The van der Waals surface area contributed by atoms with Gasteiger partial charge in [-0.3, -0.25) is 0 Å². The Labute approximate surface area is 260 Å². The first-order valence-corrected chi connectivity index (χ1v) is 18.5. The molecule has 3 aromatic rings. The normalized spacial score (nSPS) is 15.4. The summed E-state index contributed by atoms with van der Waals surface area (Å²) in [5.74, 6) is 0.764. The minimum atomic E-state index is -2.29. The van der Waals surface area contributed by atoms with Gasteiger partial charge >= 0.3 is 6.09 Å². The predicted octanol–water partition coefficient (Wildman–Crippen LogP) is 8.10. The van der Waals surface area contributed by atoms with Crippen LogP contribution in [-0.4, -0.2) is 47.2 Å². The van der Waals surface area contributed by atoms with Crippen molar-refractivity contribution in [1.82, 2.24) is 15.3 Å². The highest BCUT2D eigenvalue weighted by atomic mass is 28.4. The highest BCUT2D eigenvalue weighted by Crippen LogP contribution is 2.39. The Balaban J connectivity index is 2.07. The highest BCUT2D eigenvalue weighted by Gasteiger charge is 2.42. The van der Waals surface area contributed by atoms with Crippen molar-refractivity contribution in [3.05, 3.63) is 89.5 Å². The quantitative estimate of drug-likeness (QED) is 0.171. The van der Waals surface area contributed by atoms with Gasteiger partial charge in [-0.15, -0.1) is 0 Å². The molecule has 0 saturated carbocycles. The SMILES string of the molecule is CCC(O)c1cnc([C@H](Cc2ccccc2)C[C@H](O[Si](C)(C)C(C)(C)C)[C@H](Cc2ccccc2)NC(=O)OC(C)(C)C)[nH]1. The Morgan fingerprint density at radius 3 is 2.02 bits per heavy atom. The number of imidazole rings is 1. The topological polar surface area (TPSA) is 96.5 Å². The van der Waals surface area contributed by atoms with E-state index >= 15 is 0 Å². The average Bonchev–Trinajstić information content (AvgIpc) is 3.41. The van der Waals surface area contributed by atoms with Crippen molar-refractivity contribution >= 4 is 14.4 Å². The van der Waals surface area contributed by atoms with Gasteiger partial charge in [-0.2, -0.15) is 0 Å². The van der Waals surface area contributed by atoms with E-state index in [9.17, 15) is 9.90 Å². The zero-order valence-electron chi connectivity index (χ0n) is 27.6. The molecule has 3 N–H and O–H groups in total. The number of alkyl carbamates (subject to hydrolysis) is 1. The molecular weight excluding hydrogens is 554 g/mol. The van der Waals surface area contributed by atoms with Gasteiger partial charge in [0.05, 0.1) is 30.1 Å². The number of hydrogen-bond donors (Lipinski definition) is 3. The molecule has 0 spiro atoms. The van der Waals surface area contributed by atoms with Crippen LogP contribution in [0.5, 0.6) is 0 Å². The molecular formula is C35H53N3O4Si. The van der Waals surface area contributed by atoms with E-state index in [4.69, 9.17) is 14.1 Å². The van der Waals surface area contributed by atoms with Gasteiger partial charge in [-0.25, -0.2) is 9.78 Å². The van der Waals surface area contributed by atoms with E-state index in [1.54, 1.807) is 6.20 Å². The van der Waals surface area contributed by atoms with E-state index in [0.29, 0.717) is 25.0 Å². The predicted molar refractivity (Wildman–Crippen MR) is 177 cm³/mol. The van der Waals surface area contributed by atoms with Gasteiger partial charge in [0, 0.05) is 5.92 Å². The molecule has 7 nitrogen and oxygen atoms in total. The Morgan fingerprint density at radius 1 is 0.953 bits per heavy atom. The van der Waals surface area contributed by atoms with Crippen LogP contribution in [0, 0.1) is 0 Å². The Hall–Kier alpha value is -2.94. The standard InChI is InChI=1S/C35H53N3O4Si/c1-10-30(39)29-24-36-32(37-29)27(21-25-17-13-11-14-18-25)23-31(42-43(8,9)35(5,6)7)28(22-26-19-15-12-16-20-26)38-33(40)41-34(2,3)4/h11-20,24,27-28,30-31,39H,10,21-23H2,1-9H3,(H,36,37)(H,38,40)/t27-,28+,30?,31+/m1/s1.